The zero-order valence-corrected chi connectivity index (χ0v) is 17.0. The molecule has 2 aromatic rings. The highest BCUT2D eigenvalue weighted by molar-refractivity contribution is 5.97. The smallest absolute Gasteiger partial charge is 0.251 e. The fraction of sp³-hybridized carbons (Fsp3) is 0.529. The van der Waals surface area contributed by atoms with E-state index in [1.165, 1.54) is 0 Å². The van der Waals surface area contributed by atoms with E-state index in [1.54, 1.807) is 19.2 Å². The number of aromatic nitrogens is 2. The number of benzene rings is 1. The lowest BCUT2D eigenvalue weighted by Crippen LogP contribution is -2.37. The summed E-state index contributed by atoms with van der Waals surface area (Å²) in [6.45, 7) is 2.03. The number of rotatable bonds is 7. The summed E-state index contributed by atoms with van der Waals surface area (Å²) < 4.78 is 20.1. The lowest BCUT2D eigenvalue weighted by Gasteiger charge is -2.11. The number of amides is 1. The minimum absolute atomic E-state index is 0. The van der Waals surface area contributed by atoms with Crippen LogP contribution < -0.4 is 16.0 Å². The molecule has 0 spiro atoms. The molecule has 0 bridgehead atoms. The van der Waals surface area contributed by atoms with Crippen LogP contribution in [0.25, 0.3) is 11.0 Å². The van der Waals surface area contributed by atoms with Crippen molar-refractivity contribution < 1.29 is 13.9 Å². The number of carbonyl (C=O) groups is 1. The van der Waals surface area contributed by atoms with Crippen molar-refractivity contribution in [3.8, 4) is 0 Å². The van der Waals surface area contributed by atoms with Gasteiger partial charge in [0.15, 0.2) is 0 Å². The zero-order valence-electron chi connectivity index (χ0n) is 15.3. The van der Waals surface area contributed by atoms with Gasteiger partial charge in [-0.2, -0.15) is 0 Å². The first-order chi connectivity index (χ1) is 12.1. The standard InChI is InChI=1S/C17H24FN5O2.2ClH/c1-23-15-4-3-11(7-14(15)22-17(23)19-5-6-25-2)16(24)21-10-13-8-12(18)9-20-13;;/h3-4,7,12-13,20H,5-6,8-10H2,1-2H3,(H,19,22)(H,21,24);2*1H/t12-,13-;;/m0../s1. The Labute approximate surface area is 170 Å². The molecule has 2 atom stereocenters. The van der Waals surface area contributed by atoms with Crippen LogP contribution in [0.1, 0.15) is 16.8 Å². The number of hydrogen-bond acceptors (Lipinski definition) is 5. The van der Waals surface area contributed by atoms with Gasteiger partial charge >= 0.3 is 0 Å². The number of nitrogens with zero attached hydrogens (tertiary/aromatic N) is 2. The van der Waals surface area contributed by atoms with Gasteiger partial charge in [-0.1, -0.05) is 0 Å². The molecule has 3 rings (SSSR count). The molecule has 1 amide bonds. The normalized spacial score (nSPS) is 18.6. The van der Waals surface area contributed by atoms with Gasteiger partial charge in [-0.25, -0.2) is 9.37 Å². The van der Waals surface area contributed by atoms with Crippen molar-refractivity contribution in [3.05, 3.63) is 23.8 Å². The third kappa shape index (κ3) is 5.68. The number of ether oxygens (including phenoxy) is 1. The molecule has 152 valence electrons. The predicted molar refractivity (Wildman–Crippen MR) is 109 cm³/mol. The second-order valence-corrected chi connectivity index (χ2v) is 6.27. The Hall–Kier alpha value is -1.61. The van der Waals surface area contributed by atoms with Gasteiger partial charge in [-0.3, -0.25) is 4.79 Å². The summed E-state index contributed by atoms with van der Waals surface area (Å²) in [5.74, 6) is 0.555. The monoisotopic (exact) mass is 421 g/mol. The Morgan fingerprint density at radius 2 is 2.22 bits per heavy atom. The zero-order chi connectivity index (χ0) is 17.8. The van der Waals surface area contributed by atoms with Gasteiger partial charge in [0.1, 0.15) is 6.17 Å². The molecule has 1 aliphatic heterocycles. The molecular formula is C17H26Cl2FN5O2. The van der Waals surface area contributed by atoms with Gasteiger partial charge in [0.2, 0.25) is 5.95 Å². The van der Waals surface area contributed by atoms with Crippen molar-refractivity contribution in [3.63, 3.8) is 0 Å². The van der Waals surface area contributed by atoms with Crippen molar-refractivity contribution in [2.45, 2.75) is 18.6 Å². The van der Waals surface area contributed by atoms with Gasteiger partial charge in [0, 0.05) is 45.4 Å². The van der Waals surface area contributed by atoms with E-state index in [9.17, 15) is 9.18 Å². The highest BCUT2D eigenvalue weighted by Gasteiger charge is 2.23. The second kappa shape index (κ2) is 10.7. The van der Waals surface area contributed by atoms with E-state index in [4.69, 9.17) is 4.74 Å². The third-order valence-electron chi connectivity index (χ3n) is 4.41. The average molecular weight is 422 g/mol. The molecule has 0 unspecified atom stereocenters. The Bertz CT molecular complexity index is 758. The molecule has 27 heavy (non-hydrogen) atoms. The number of hydrogen-bond donors (Lipinski definition) is 3. The van der Waals surface area contributed by atoms with Gasteiger partial charge in [0.05, 0.1) is 17.6 Å². The molecule has 1 aromatic carbocycles. The quantitative estimate of drug-likeness (QED) is 0.594. The number of aryl methyl sites for hydroxylation is 1. The van der Waals surface area contributed by atoms with E-state index in [2.05, 4.69) is 20.9 Å². The number of carbonyl (C=O) groups excluding carboxylic acids is 1. The van der Waals surface area contributed by atoms with Crippen LogP contribution in [0.2, 0.25) is 0 Å². The van der Waals surface area contributed by atoms with Crippen LogP contribution in [0.3, 0.4) is 0 Å². The molecule has 1 aromatic heterocycles. The van der Waals surface area contributed by atoms with Crippen molar-refractivity contribution in [2.75, 3.05) is 38.7 Å². The van der Waals surface area contributed by atoms with E-state index in [0.717, 1.165) is 17.0 Å². The highest BCUT2D eigenvalue weighted by atomic mass is 35.5. The molecule has 7 nitrogen and oxygen atoms in total. The number of methoxy groups -OCH3 is 1. The fourth-order valence-electron chi connectivity index (χ4n) is 3.01. The van der Waals surface area contributed by atoms with Crippen LogP contribution in [0.5, 0.6) is 0 Å². The lowest BCUT2D eigenvalue weighted by molar-refractivity contribution is 0.0950. The summed E-state index contributed by atoms with van der Waals surface area (Å²) in [6, 6.07) is 5.42. The summed E-state index contributed by atoms with van der Waals surface area (Å²) in [7, 11) is 3.57. The first-order valence-corrected chi connectivity index (χ1v) is 8.43. The molecule has 0 aliphatic carbocycles. The molecule has 0 saturated carbocycles. The predicted octanol–water partition coefficient (Wildman–Crippen LogP) is 1.91. The Morgan fingerprint density at radius 1 is 1.44 bits per heavy atom. The second-order valence-electron chi connectivity index (χ2n) is 6.27. The average Bonchev–Trinajstić information content (AvgIpc) is 3.16. The number of alkyl halides is 1. The van der Waals surface area contributed by atoms with E-state index in [0.29, 0.717) is 38.2 Å². The number of anilines is 1. The topological polar surface area (TPSA) is 80.2 Å². The van der Waals surface area contributed by atoms with E-state index in [-0.39, 0.29) is 36.8 Å². The van der Waals surface area contributed by atoms with Crippen molar-refractivity contribution in [2.24, 2.45) is 7.05 Å². The summed E-state index contributed by atoms with van der Waals surface area (Å²) >= 11 is 0. The van der Waals surface area contributed by atoms with E-state index < -0.39 is 6.17 Å². The molecule has 2 heterocycles. The van der Waals surface area contributed by atoms with Gasteiger partial charge in [-0.15, -0.1) is 24.8 Å². The van der Waals surface area contributed by atoms with Crippen LogP contribution in [0.4, 0.5) is 10.3 Å². The largest absolute Gasteiger partial charge is 0.383 e. The van der Waals surface area contributed by atoms with Crippen molar-refractivity contribution >= 4 is 47.7 Å². The molecule has 1 aliphatic rings. The van der Waals surface area contributed by atoms with E-state index >= 15 is 0 Å². The van der Waals surface area contributed by atoms with Crippen LogP contribution >= 0.6 is 24.8 Å². The minimum atomic E-state index is -0.823. The van der Waals surface area contributed by atoms with Crippen LogP contribution in [-0.4, -0.2) is 61.0 Å². The third-order valence-corrected chi connectivity index (χ3v) is 4.41. The molecule has 3 N–H and O–H groups in total. The van der Waals surface area contributed by atoms with Gasteiger partial charge < -0.3 is 25.3 Å². The summed E-state index contributed by atoms with van der Waals surface area (Å²) in [5.41, 5.74) is 2.23. The number of fused-ring (bicyclic) bond motifs is 1. The maximum absolute atomic E-state index is 13.1. The Morgan fingerprint density at radius 3 is 2.89 bits per heavy atom. The van der Waals surface area contributed by atoms with Crippen molar-refractivity contribution in [1.29, 1.82) is 0 Å². The molecule has 0 radical (unpaired) electrons. The van der Waals surface area contributed by atoms with Crippen LogP contribution in [-0.2, 0) is 11.8 Å². The van der Waals surface area contributed by atoms with Crippen LogP contribution in [0, 0.1) is 0 Å². The first kappa shape index (κ1) is 23.4. The molecule has 1 fully saturated rings. The number of nitrogens with one attached hydrogen (secondary N) is 3. The van der Waals surface area contributed by atoms with E-state index in [1.807, 2.05) is 17.7 Å². The summed E-state index contributed by atoms with van der Waals surface area (Å²) in [4.78, 5) is 16.9. The van der Waals surface area contributed by atoms with Gasteiger partial charge in [0.25, 0.3) is 5.91 Å². The van der Waals surface area contributed by atoms with Crippen molar-refractivity contribution in [1.82, 2.24) is 20.2 Å². The summed E-state index contributed by atoms with van der Waals surface area (Å²) in [5, 5.41) is 9.11. The van der Waals surface area contributed by atoms with Crippen LogP contribution in [0.15, 0.2) is 18.2 Å². The SMILES string of the molecule is COCCNc1nc2cc(C(=O)NC[C@@H]3C[C@H](F)CN3)ccc2n1C.Cl.Cl. The number of halogens is 3. The first-order valence-electron chi connectivity index (χ1n) is 8.43. The highest BCUT2D eigenvalue weighted by Crippen LogP contribution is 2.19. The fourth-order valence-corrected chi connectivity index (χ4v) is 3.01. The molecular weight excluding hydrogens is 396 g/mol. The lowest BCUT2D eigenvalue weighted by atomic mass is 10.1. The van der Waals surface area contributed by atoms with Gasteiger partial charge in [-0.05, 0) is 24.6 Å². The summed E-state index contributed by atoms with van der Waals surface area (Å²) in [6.07, 6.45) is -0.383. The maximum Gasteiger partial charge on any atom is 0.251 e. The molecule has 1 saturated heterocycles. The molecule has 10 heteroatoms. The Kier molecular flexibility index (Phi) is 9.25. The minimum Gasteiger partial charge on any atom is -0.383 e. The maximum atomic E-state index is 13.1. The Balaban J connectivity index is 0.00000182. The number of imidazole rings is 1.